The first-order chi connectivity index (χ1) is 15.0. The van der Waals surface area contributed by atoms with Crippen molar-refractivity contribution in [2.75, 3.05) is 5.32 Å². The number of hydrogen-bond acceptors (Lipinski definition) is 8. The van der Waals surface area contributed by atoms with E-state index < -0.39 is 5.97 Å². The molecule has 0 fully saturated rings. The van der Waals surface area contributed by atoms with E-state index in [4.69, 9.17) is 4.74 Å². The van der Waals surface area contributed by atoms with Crippen LogP contribution >= 0.6 is 22.7 Å². The molecule has 8 nitrogen and oxygen atoms in total. The monoisotopic (exact) mass is 454 g/mol. The zero-order chi connectivity index (χ0) is 21.8. The topological polar surface area (TPSA) is 103 Å². The van der Waals surface area contributed by atoms with Gasteiger partial charge in [0.05, 0.1) is 21.8 Å². The summed E-state index contributed by atoms with van der Waals surface area (Å²) in [7, 11) is 0. The fraction of sp³-hybridized carbons (Fsp3) is 0.190. The van der Waals surface area contributed by atoms with Crippen LogP contribution in [0, 0.1) is 0 Å². The fourth-order valence-electron chi connectivity index (χ4n) is 2.86. The lowest BCUT2D eigenvalue weighted by Gasteiger charge is -2.10. The molecule has 0 unspecified atom stereocenters. The minimum atomic E-state index is -0.625. The predicted octanol–water partition coefficient (Wildman–Crippen LogP) is 3.77. The highest BCUT2D eigenvalue weighted by Gasteiger charge is 2.17. The SMILES string of the molecule is CCCc1nn2c(=O)cc(COC(=O)c3ccccc3NC(=O)c3cccs3)nc2s1. The molecule has 1 amide bonds. The van der Waals surface area contributed by atoms with Crippen molar-refractivity contribution in [2.24, 2.45) is 0 Å². The van der Waals surface area contributed by atoms with Gasteiger partial charge in [-0.25, -0.2) is 9.78 Å². The van der Waals surface area contributed by atoms with E-state index >= 15 is 0 Å². The summed E-state index contributed by atoms with van der Waals surface area (Å²) >= 11 is 2.65. The van der Waals surface area contributed by atoms with Crippen molar-refractivity contribution in [2.45, 2.75) is 26.4 Å². The van der Waals surface area contributed by atoms with E-state index in [-0.39, 0.29) is 23.6 Å². The van der Waals surface area contributed by atoms with E-state index in [0.717, 1.165) is 17.8 Å². The second kappa shape index (κ2) is 9.19. The standard InChI is InChI=1S/C21H18N4O4S2/c1-2-6-17-24-25-18(26)11-13(22-21(25)31-17)12-29-20(28)14-7-3-4-8-15(14)23-19(27)16-9-5-10-30-16/h3-5,7-11H,2,6,12H2,1H3,(H,23,27). The maximum Gasteiger partial charge on any atom is 0.340 e. The van der Waals surface area contributed by atoms with Crippen molar-refractivity contribution in [3.63, 3.8) is 0 Å². The highest BCUT2D eigenvalue weighted by atomic mass is 32.1. The zero-order valence-electron chi connectivity index (χ0n) is 16.5. The molecule has 31 heavy (non-hydrogen) atoms. The van der Waals surface area contributed by atoms with Crippen LogP contribution in [0.15, 0.2) is 52.6 Å². The van der Waals surface area contributed by atoms with Gasteiger partial charge in [-0.05, 0) is 30.0 Å². The molecule has 0 aliphatic heterocycles. The van der Waals surface area contributed by atoms with E-state index in [0.29, 0.717) is 21.2 Å². The average Bonchev–Trinajstić information content (AvgIpc) is 3.43. The molecule has 158 valence electrons. The summed E-state index contributed by atoms with van der Waals surface area (Å²) in [6, 6.07) is 11.4. The number of nitrogens with one attached hydrogen (secondary N) is 1. The molecule has 3 aromatic heterocycles. The van der Waals surface area contributed by atoms with Crippen LogP contribution in [0.2, 0.25) is 0 Å². The Morgan fingerprint density at radius 3 is 2.81 bits per heavy atom. The largest absolute Gasteiger partial charge is 0.456 e. The maximum atomic E-state index is 12.7. The summed E-state index contributed by atoms with van der Waals surface area (Å²) in [6.07, 6.45) is 1.69. The number of hydrogen-bond donors (Lipinski definition) is 1. The molecule has 3 heterocycles. The van der Waals surface area contributed by atoms with Gasteiger partial charge in [0.25, 0.3) is 11.5 Å². The Morgan fingerprint density at radius 1 is 1.19 bits per heavy atom. The Kier molecular flexibility index (Phi) is 6.19. The van der Waals surface area contributed by atoms with E-state index in [2.05, 4.69) is 15.4 Å². The van der Waals surface area contributed by atoms with Crippen molar-refractivity contribution >= 4 is 45.2 Å². The first-order valence-corrected chi connectivity index (χ1v) is 11.2. The lowest BCUT2D eigenvalue weighted by Crippen LogP contribution is -2.17. The number of aromatic nitrogens is 3. The molecule has 0 aliphatic carbocycles. The first kappa shape index (κ1) is 20.9. The Balaban J connectivity index is 1.49. The van der Waals surface area contributed by atoms with E-state index in [9.17, 15) is 14.4 Å². The van der Waals surface area contributed by atoms with E-state index in [1.807, 2.05) is 6.92 Å². The number of fused-ring (bicyclic) bond motifs is 1. The molecule has 0 bridgehead atoms. The third-order valence-electron chi connectivity index (χ3n) is 4.30. The number of ether oxygens (including phenoxy) is 1. The molecule has 0 spiro atoms. The molecule has 10 heteroatoms. The second-order valence-corrected chi connectivity index (χ2v) is 8.57. The summed E-state index contributed by atoms with van der Waals surface area (Å²) in [6.45, 7) is 1.87. The summed E-state index contributed by atoms with van der Waals surface area (Å²) in [5.74, 6) is -0.927. The van der Waals surface area contributed by atoms with Gasteiger partial charge >= 0.3 is 5.97 Å². The molecule has 0 saturated heterocycles. The molecule has 1 aromatic carbocycles. The minimum absolute atomic E-state index is 0.168. The van der Waals surface area contributed by atoms with Crippen molar-refractivity contribution < 1.29 is 14.3 Å². The lowest BCUT2D eigenvalue weighted by atomic mass is 10.1. The van der Waals surface area contributed by atoms with Crippen LogP contribution in [-0.4, -0.2) is 26.5 Å². The van der Waals surface area contributed by atoms with Gasteiger partial charge in [-0.1, -0.05) is 36.5 Å². The number of esters is 1. The van der Waals surface area contributed by atoms with Gasteiger partial charge in [0.15, 0.2) is 0 Å². The van der Waals surface area contributed by atoms with Crippen LogP contribution in [0.3, 0.4) is 0 Å². The van der Waals surface area contributed by atoms with Crippen LogP contribution in [0.5, 0.6) is 0 Å². The number of para-hydroxylation sites is 1. The third kappa shape index (κ3) is 4.70. The first-order valence-electron chi connectivity index (χ1n) is 9.55. The van der Waals surface area contributed by atoms with Crippen molar-refractivity contribution in [3.8, 4) is 0 Å². The average molecular weight is 455 g/mol. The molecule has 0 atom stereocenters. The number of benzene rings is 1. The van der Waals surface area contributed by atoms with Gasteiger partial charge in [0, 0.05) is 12.5 Å². The molecular weight excluding hydrogens is 436 g/mol. The molecule has 0 aliphatic rings. The summed E-state index contributed by atoms with van der Waals surface area (Å²) < 4.78 is 6.63. The van der Waals surface area contributed by atoms with Crippen molar-refractivity contribution in [1.82, 2.24) is 14.6 Å². The Morgan fingerprint density at radius 2 is 2.03 bits per heavy atom. The van der Waals surface area contributed by atoms with Gasteiger partial charge in [-0.3, -0.25) is 9.59 Å². The van der Waals surface area contributed by atoms with Gasteiger partial charge in [-0.2, -0.15) is 9.61 Å². The highest BCUT2D eigenvalue weighted by molar-refractivity contribution is 7.16. The zero-order valence-corrected chi connectivity index (χ0v) is 18.2. The highest BCUT2D eigenvalue weighted by Crippen LogP contribution is 2.19. The van der Waals surface area contributed by atoms with Crippen LogP contribution < -0.4 is 10.9 Å². The Bertz CT molecular complexity index is 1290. The quantitative estimate of drug-likeness (QED) is 0.427. The lowest BCUT2D eigenvalue weighted by molar-refractivity contribution is 0.0469. The smallest absolute Gasteiger partial charge is 0.340 e. The van der Waals surface area contributed by atoms with E-state index in [1.165, 1.54) is 33.3 Å². The molecular formula is C21H18N4O4S2. The number of rotatable bonds is 7. The number of amides is 1. The molecule has 1 N–H and O–H groups in total. The van der Waals surface area contributed by atoms with Crippen LogP contribution in [0.25, 0.3) is 4.96 Å². The molecule has 4 aromatic rings. The van der Waals surface area contributed by atoms with Gasteiger partial charge in [-0.15, -0.1) is 11.3 Å². The molecule has 4 rings (SSSR count). The Hall–Kier alpha value is -3.37. The number of carbonyl (C=O) groups excluding carboxylic acids is 2. The van der Waals surface area contributed by atoms with Gasteiger partial charge in [0.1, 0.15) is 11.6 Å². The second-order valence-electron chi connectivity index (χ2n) is 6.58. The third-order valence-corrected chi connectivity index (χ3v) is 6.13. The molecule has 0 saturated carbocycles. The number of carbonyl (C=O) groups is 2. The number of anilines is 1. The molecule has 0 radical (unpaired) electrons. The predicted molar refractivity (Wildman–Crippen MR) is 119 cm³/mol. The van der Waals surface area contributed by atoms with Crippen LogP contribution in [0.4, 0.5) is 5.69 Å². The van der Waals surface area contributed by atoms with Crippen LogP contribution in [-0.2, 0) is 17.8 Å². The van der Waals surface area contributed by atoms with Crippen molar-refractivity contribution in [3.05, 3.63) is 79.3 Å². The maximum absolute atomic E-state index is 12.7. The minimum Gasteiger partial charge on any atom is -0.456 e. The number of nitrogens with zero attached hydrogens (tertiary/aromatic N) is 3. The van der Waals surface area contributed by atoms with Crippen LogP contribution in [0.1, 0.15) is 44.1 Å². The normalized spacial score (nSPS) is 10.9. The Labute approximate surface area is 185 Å². The van der Waals surface area contributed by atoms with Gasteiger partial charge in [0.2, 0.25) is 4.96 Å². The number of aryl methyl sites for hydroxylation is 1. The van der Waals surface area contributed by atoms with Gasteiger partial charge < -0.3 is 10.1 Å². The summed E-state index contributed by atoms with van der Waals surface area (Å²) in [4.78, 5) is 42.7. The summed E-state index contributed by atoms with van der Waals surface area (Å²) in [5.41, 5.74) is 0.581. The fourth-order valence-corrected chi connectivity index (χ4v) is 4.50. The van der Waals surface area contributed by atoms with E-state index in [1.54, 1.807) is 41.8 Å². The summed E-state index contributed by atoms with van der Waals surface area (Å²) in [5, 5.41) is 9.63. The van der Waals surface area contributed by atoms with Crippen molar-refractivity contribution in [1.29, 1.82) is 0 Å². The number of thiophene rings is 1.